The molecule has 0 bridgehead atoms. The Balaban J connectivity index is 1.88. The minimum Gasteiger partial charge on any atom is -0.480 e. The molecule has 4 rings (SSSR count). The number of carbonyl (C=O) groups excluding carboxylic acids is 2. The van der Waals surface area contributed by atoms with Crippen LogP contribution in [0.25, 0.3) is 12.2 Å². The van der Waals surface area contributed by atoms with E-state index in [2.05, 4.69) is 20.6 Å². The molecule has 12 heteroatoms. The maximum absolute atomic E-state index is 12.5. The standard InChI is InChI=1S/C35H44N4O6S2/c1-9-20-18(5)32(40)38-26(20)13-24-16(3)22(11-30(46-7)34(42)43)28(36-24)15-29-23(12-31(47-8)35(44)45)17(4)25(37-29)14-27-21(10-2)19(6)33(41)39-27/h13-14,30-31,36-37H,9-12,15H2,1-8H3,(H,38,40)(H,39,41)(H,42,43)(H,44,45)/b26-13-,27-14-/t30-,31+. The molecule has 4 heterocycles. The maximum atomic E-state index is 12.5. The first kappa shape index (κ1) is 35.9. The van der Waals surface area contributed by atoms with Crippen molar-refractivity contribution < 1.29 is 29.4 Å². The van der Waals surface area contributed by atoms with Crippen LogP contribution in [0.15, 0.2) is 33.7 Å². The van der Waals surface area contributed by atoms with Gasteiger partial charge in [-0.3, -0.25) is 19.2 Å². The SMILES string of the molecule is CCC1=C(C)C(=O)N/C1=C\c1[nH]c(Cc2[nH]c(/C=C3\NC(=O)C(C)=C3CC)c(C)c2C[C@@H](SC)C(=O)O)c(C[C@H](SC)C(=O)O)c1C. The predicted octanol–water partition coefficient (Wildman–Crippen LogP) is 5.66. The number of allylic oxidation sites excluding steroid dienone is 2. The summed E-state index contributed by atoms with van der Waals surface area (Å²) in [6.07, 6.45) is 9.68. The van der Waals surface area contributed by atoms with Gasteiger partial charge in [0.2, 0.25) is 0 Å². The Morgan fingerprint density at radius 2 is 1.06 bits per heavy atom. The molecule has 0 saturated carbocycles. The molecule has 0 aliphatic carbocycles. The number of carboxylic acids is 2. The van der Waals surface area contributed by atoms with Gasteiger partial charge in [0, 0.05) is 51.7 Å². The lowest BCUT2D eigenvalue weighted by molar-refractivity contribution is -0.137. The number of H-pyrrole nitrogens is 2. The number of carboxylic acid groups (broad SMARTS) is 2. The van der Waals surface area contributed by atoms with Crippen molar-refractivity contribution in [3.8, 4) is 0 Å². The van der Waals surface area contributed by atoms with Crippen LogP contribution in [-0.4, -0.2) is 66.9 Å². The van der Waals surface area contributed by atoms with Gasteiger partial charge < -0.3 is 30.8 Å². The molecule has 0 saturated heterocycles. The van der Waals surface area contributed by atoms with Crippen LogP contribution in [0.2, 0.25) is 0 Å². The van der Waals surface area contributed by atoms with Crippen LogP contribution >= 0.6 is 23.5 Å². The van der Waals surface area contributed by atoms with E-state index in [1.54, 1.807) is 12.5 Å². The van der Waals surface area contributed by atoms with Crippen molar-refractivity contribution >= 4 is 59.4 Å². The van der Waals surface area contributed by atoms with Crippen LogP contribution in [0.3, 0.4) is 0 Å². The Labute approximate surface area is 284 Å². The number of aliphatic carboxylic acids is 2. The number of thioether (sulfide) groups is 2. The fourth-order valence-corrected chi connectivity index (χ4v) is 7.45. The van der Waals surface area contributed by atoms with Gasteiger partial charge in [-0.15, -0.1) is 23.5 Å². The van der Waals surface area contributed by atoms with E-state index in [1.165, 1.54) is 23.5 Å². The summed E-state index contributed by atoms with van der Waals surface area (Å²) in [5.74, 6) is -2.06. The second kappa shape index (κ2) is 14.9. The first-order valence-corrected chi connectivity index (χ1v) is 18.2. The minimum atomic E-state index is -0.901. The highest BCUT2D eigenvalue weighted by atomic mass is 32.2. The quantitative estimate of drug-likeness (QED) is 0.149. The van der Waals surface area contributed by atoms with Crippen molar-refractivity contribution in [2.75, 3.05) is 12.5 Å². The molecule has 0 fully saturated rings. The lowest BCUT2D eigenvalue weighted by atomic mass is 9.97. The normalized spacial score (nSPS) is 18.0. The summed E-state index contributed by atoms with van der Waals surface area (Å²) >= 11 is 2.54. The zero-order chi connectivity index (χ0) is 34.7. The second-order valence-electron chi connectivity index (χ2n) is 11.9. The predicted molar refractivity (Wildman–Crippen MR) is 189 cm³/mol. The van der Waals surface area contributed by atoms with Crippen LogP contribution in [-0.2, 0) is 38.4 Å². The van der Waals surface area contributed by atoms with Gasteiger partial charge in [0.05, 0.1) is 0 Å². The highest BCUT2D eigenvalue weighted by molar-refractivity contribution is 8.00. The molecule has 0 unspecified atom stereocenters. The average Bonchev–Trinajstić information content (AvgIpc) is 3.67. The Hall–Kier alpha value is -3.90. The van der Waals surface area contributed by atoms with E-state index in [0.29, 0.717) is 30.4 Å². The van der Waals surface area contributed by atoms with Crippen molar-refractivity contribution in [1.29, 1.82) is 0 Å². The van der Waals surface area contributed by atoms with E-state index in [1.807, 2.05) is 53.7 Å². The van der Waals surface area contributed by atoms with E-state index < -0.39 is 22.4 Å². The highest BCUT2D eigenvalue weighted by Crippen LogP contribution is 2.33. The molecule has 10 nitrogen and oxygen atoms in total. The zero-order valence-corrected chi connectivity index (χ0v) is 29.8. The molecule has 0 spiro atoms. The summed E-state index contributed by atoms with van der Waals surface area (Å²) < 4.78 is 0. The molecule has 2 aliphatic heterocycles. The third-order valence-corrected chi connectivity index (χ3v) is 11.2. The van der Waals surface area contributed by atoms with Gasteiger partial charge in [-0.1, -0.05) is 13.8 Å². The number of nitrogens with one attached hydrogen (secondary N) is 4. The molecule has 252 valence electrons. The van der Waals surface area contributed by atoms with E-state index >= 15 is 0 Å². The van der Waals surface area contributed by atoms with Crippen molar-refractivity contribution in [1.82, 2.24) is 20.6 Å². The molecule has 2 aliphatic rings. The number of aromatic nitrogens is 2. The number of carbonyl (C=O) groups is 4. The Kier molecular flexibility index (Phi) is 11.4. The molecule has 2 aromatic heterocycles. The maximum Gasteiger partial charge on any atom is 0.316 e. The van der Waals surface area contributed by atoms with Gasteiger partial charge in [-0.05, 0) is 111 Å². The van der Waals surface area contributed by atoms with E-state index in [-0.39, 0.29) is 24.7 Å². The van der Waals surface area contributed by atoms with E-state index in [0.717, 1.165) is 67.6 Å². The van der Waals surface area contributed by atoms with Gasteiger partial charge in [-0.2, -0.15) is 0 Å². The van der Waals surface area contributed by atoms with Crippen LogP contribution < -0.4 is 10.6 Å². The molecule has 2 atom stereocenters. The summed E-state index contributed by atoms with van der Waals surface area (Å²) in [4.78, 5) is 56.3. The largest absolute Gasteiger partial charge is 0.480 e. The Morgan fingerprint density at radius 3 is 1.36 bits per heavy atom. The zero-order valence-electron chi connectivity index (χ0n) is 28.2. The van der Waals surface area contributed by atoms with E-state index in [9.17, 15) is 29.4 Å². The second-order valence-corrected chi connectivity index (χ2v) is 14.0. The van der Waals surface area contributed by atoms with Crippen molar-refractivity contribution in [3.05, 3.63) is 78.7 Å². The third kappa shape index (κ3) is 7.33. The number of aromatic amines is 2. The first-order valence-electron chi connectivity index (χ1n) is 15.6. The summed E-state index contributed by atoms with van der Waals surface area (Å²) in [6, 6.07) is 0. The monoisotopic (exact) mass is 680 g/mol. The first-order chi connectivity index (χ1) is 22.3. The van der Waals surface area contributed by atoms with Crippen molar-refractivity contribution in [2.45, 2.75) is 84.1 Å². The molecule has 6 N–H and O–H groups in total. The molecular weight excluding hydrogens is 637 g/mol. The topological polar surface area (TPSA) is 164 Å². The smallest absolute Gasteiger partial charge is 0.316 e. The van der Waals surface area contributed by atoms with Crippen molar-refractivity contribution in [3.63, 3.8) is 0 Å². The van der Waals surface area contributed by atoms with Crippen LogP contribution in [0.5, 0.6) is 0 Å². The number of hydrogen-bond donors (Lipinski definition) is 6. The number of hydrogen-bond acceptors (Lipinski definition) is 6. The molecular formula is C35H44N4O6S2. The van der Waals surface area contributed by atoms with E-state index in [4.69, 9.17) is 0 Å². The molecule has 0 aromatic carbocycles. The van der Waals surface area contributed by atoms with Gasteiger partial charge >= 0.3 is 11.9 Å². The van der Waals surface area contributed by atoms with Gasteiger partial charge in [0.25, 0.3) is 11.8 Å². The molecule has 2 aromatic rings. The number of amides is 2. The van der Waals surface area contributed by atoms with Gasteiger partial charge in [0.15, 0.2) is 0 Å². The third-order valence-electron chi connectivity index (χ3n) is 9.28. The summed E-state index contributed by atoms with van der Waals surface area (Å²) in [7, 11) is 0. The van der Waals surface area contributed by atoms with Gasteiger partial charge in [0.1, 0.15) is 10.5 Å². The van der Waals surface area contributed by atoms with Crippen molar-refractivity contribution in [2.24, 2.45) is 0 Å². The number of rotatable bonds is 14. The molecule has 2 amide bonds. The Bertz CT molecular complexity index is 1630. The summed E-state index contributed by atoms with van der Waals surface area (Å²) in [6.45, 7) is 11.5. The average molecular weight is 681 g/mol. The summed E-state index contributed by atoms with van der Waals surface area (Å²) in [5.41, 5.74) is 11.4. The molecule has 0 radical (unpaired) electrons. The fraction of sp³-hybridized carbons (Fsp3) is 0.429. The lowest BCUT2D eigenvalue weighted by Crippen LogP contribution is -2.20. The highest BCUT2D eigenvalue weighted by Gasteiger charge is 2.28. The molecule has 47 heavy (non-hydrogen) atoms. The lowest BCUT2D eigenvalue weighted by Gasteiger charge is -2.13. The summed E-state index contributed by atoms with van der Waals surface area (Å²) in [5, 5.41) is 24.5. The van der Waals surface area contributed by atoms with Crippen LogP contribution in [0, 0.1) is 13.8 Å². The van der Waals surface area contributed by atoms with Gasteiger partial charge in [-0.25, -0.2) is 0 Å². The van der Waals surface area contributed by atoms with Crippen LogP contribution in [0.4, 0.5) is 0 Å². The van der Waals surface area contributed by atoms with Crippen LogP contribution in [0.1, 0.15) is 85.6 Å². The fourth-order valence-electron chi connectivity index (χ4n) is 6.38. The Morgan fingerprint density at radius 1 is 0.702 bits per heavy atom. The minimum absolute atomic E-state index is 0.129.